The van der Waals surface area contributed by atoms with E-state index in [2.05, 4.69) is 46.9 Å². The third-order valence-corrected chi connectivity index (χ3v) is 3.90. The molecule has 0 aliphatic heterocycles. The monoisotopic (exact) mass is 303 g/mol. The summed E-state index contributed by atoms with van der Waals surface area (Å²) in [4.78, 5) is 0. The Balaban J connectivity index is 2.16. The number of hydrogen-bond donors (Lipinski definition) is 2. The van der Waals surface area contributed by atoms with E-state index in [0.717, 1.165) is 6.42 Å². The lowest BCUT2D eigenvalue weighted by atomic mass is 10.0. The molecular formula is C11H14INO. The summed E-state index contributed by atoms with van der Waals surface area (Å²) in [6.07, 6.45) is 1.03. The molecule has 1 saturated carbocycles. The molecule has 0 heterocycles. The zero-order valence-corrected chi connectivity index (χ0v) is 10.1. The molecule has 76 valence electrons. The van der Waals surface area contributed by atoms with Crippen LogP contribution in [0.15, 0.2) is 24.3 Å². The largest absolute Gasteiger partial charge is 0.396 e. The van der Waals surface area contributed by atoms with Crippen LogP contribution in [0.3, 0.4) is 0 Å². The molecule has 1 aromatic carbocycles. The highest BCUT2D eigenvalue weighted by atomic mass is 127. The Bertz CT molecular complexity index is 319. The minimum atomic E-state index is -0.0210. The van der Waals surface area contributed by atoms with E-state index in [1.54, 1.807) is 0 Å². The molecule has 3 heteroatoms. The van der Waals surface area contributed by atoms with E-state index in [1.807, 2.05) is 0 Å². The van der Waals surface area contributed by atoms with Crippen LogP contribution in [0.25, 0.3) is 0 Å². The summed E-state index contributed by atoms with van der Waals surface area (Å²) in [5.41, 5.74) is 6.96. The van der Waals surface area contributed by atoms with Crippen molar-refractivity contribution in [3.8, 4) is 0 Å². The number of nitrogens with two attached hydrogens (primary N) is 1. The van der Waals surface area contributed by atoms with Crippen LogP contribution in [0.5, 0.6) is 0 Å². The molecule has 1 aromatic rings. The van der Waals surface area contributed by atoms with Crippen molar-refractivity contribution < 1.29 is 5.11 Å². The van der Waals surface area contributed by atoms with E-state index in [4.69, 9.17) is 5.73 Å². The smallest absolute Gasteiger partial charge is 0.0505 e. The van der Waals surface area contributed by atoms with Crippen LogP contribution in [0.4, 0.5) is 0 Å². The van der Waals surface area contributed by atoms with Crippen LogP contribution in [0.2, 0.25) is 0 Å². The molecule has 2 nitrogen and oxygen atoms in total. The Hall–Kier alpha value is -0.130. The van der Waals surface area contributed by atoms with Crippen molar-refractivity contribution in [3.05, 3.63) is 33.4 Å². The van der Waals surface area contributed by atoms with Crippen LogP contribution in [-0.4, -0.2) is 18.3 Å². The van der Waals surface area contributed by atoms with Gasteiger partial charge in [0, 0.05) is 15.5 Å². The average molecular weight is 303 g/mol. The van der Waals surface area contributed by atoms with Crippen molar-refractivity contribution >= 4 is 22.6 Å². The molecule has 3 N–H and O–H groups in total. The summed E-state index contributed by atoms with van der Waals surface area (Å²) in [5.74, 6) is 0.467. The SMILES string of the molecule is NCC1(CO)CC1c1ccc(I)cc1. The fraction of sp³-hybridized carbons (Fsp3) is 0.455. The lowest BCUT2D eigenvalue weighted by Gasteiger charge is -2.10. The zero-order valence-electron chi connectivity index (χ0n) is 7.91. The van der Waals surface area contributed by atoms with Crippen molar-refractivity contribution in [2.75, 3.05) is 13.2 Å². The molecule has 14 heavy (non-hydrogen) atoms. The molecule has 1 fully saturated rings. The Morgan fingerprint density at radius 3 is 2.50 bits per heavy atom. The van der Waals surface area contributed by atoms with Gasteiger partial charge in [-0.15, -0.1) is 0 Å². The molecule has 0 spiro atoms. The molecule has 0 bridgehead atoms. The number of rotatable bonds is 3. The summed E-state index contributed by atoms with van der Waals surface area (Å²) >= 11 is 2.29. The average Bonchev–Trinajstić information content (AvgIpc) is 2.94. The number of halogens is 1. The Labute approximate surface area is 97.6 Å². The first-order chi connectivity index (χ1) is 6.72. The maximum Gasteiger partial charge on any atom is 0.0505 e. The number of hydrogen-bond acceptors (Lipinski definition) is 2. The van der Waals surface area contributed by atoms with Crippen LogP contribution in [-0.2, 0) is 0 Å². The van der Waals surface area contributed by atoms with E-state index < -0.39 is 0 Å². The first-order valence-corrected chi connectivity index (χ1v) is 5.86. The molecule has 2 rings (SSSR count). The van der Waals surface area contributed by atoms with Crippen LogP contribution >= 0.6 is 22.6 Å². The molecule has 2 atom stereocenters. The second-order valence-corrected chi connectivity index (χ2v) is 5.28. The van der Waals surface area contributed by atoms with Gasteiger partial charge in [0.2, 0.25) is 0 Å². The lowest BCUT2D eigenvalue weighted by Crippen LogP contribution is -2.21. The highest BCUT2D eigenvalue weighted by molar-refractivity contribution is 14.1. The predicted octanol–water partition coefficient (Wildman–Crippen LogP) is 1.72. The molecule has 1 aliphatic carbocycles. The van der Waals surface area contributed by atoms with E-state index in [0.29, 0.717) is 12.5 Å². The van der Waals surface area contributed by atoms with Gasteiger partial charge in [0.15, 0.2) is 0 Å². The lowest BCUT2D eigenvalue weighted by molar-refractivity contribution is 0.211. The van der Waals surface area contributed by atoms with E-state index >= 15 is 0 Å². The maximum atomic E-state index is 9.26. The molecular weight excluding hydrogens is 289 g/mol. The summed E-state index contributed by atoms with van der Waals surface area (Å²) in [5, 5.41) is 9.26. The van der Waals surface area contributed by atoms with Gasteiger partial charge in [0.1, 0.15) is 0 Å². The van der Waals surface area contributed by atoms with Gasteiger partial charge in [0.05, 0.1) is 6.61 Å². The van der Waals surface area contributed by atoms with Crippen LogP contribution in [0.1, 0.15) is 17.9 Å². The van der Waals surface area contributed by atoms with Crippen molar-refractivity contribution in [1.82, 2.24) is 0 Å². The Morgan fingerprint density at radius 2 is 2.07 bits per heavy atom. The topological polar surface area (TPSA) is 46.2 Å². The van der Waals surface area contributed by atoms with E-state index in [1.165, 1.54) is 9.13 Å². The normalized spacial score (nSPS) is 30.4. The first kappa shape index (κ1) is 10.4. The van der Waals surface area contributed by atoms with Gasteiger partial charge >= 0.3 is 0 Å². The van der Waals surface area contributed by atoms with Crippen molar-refractivity contribution in [2.45, 2.75) is 12.3 Å². The standard InChI is InChI=1S/C11H14INO/c12-9-3-1-8(2-4-9)10-5-11(10,6-13)7-14/h1-4,10,14H,5-7,13H2. The van der Waals surface area contributed by atoms with Gasteiger partial charge in [0.25, 0.3) is 0 Å². The first-order valence-electron chi connectivity index (χ1n) is 4.78. The predicted molar refractivity (Wildman–Crippen MR) is 65.1 cm³/mol. The molecule has 0 saturated heterocycles. The van der Waals surface area contributed by atoms with Crippen molar-refractivity contribution in [3.63, 3.8) is 0 Å². The van der Waals surface area contributed by atoms with Crippen molar-refractivity contribution in [1.29, 1.82) is 0 Å². The highest BCUT2D eigenvalue weighted by Crippen LogP contribution is 2.58. The molecule has 2 unspecified atom stereocenters. The Morgan fingerprint density at radius 1 is 1.43 bits per heavy atom. The number of benzene rings is 1. The fourth-order valence-electron chi connectivity index (χ4n) is 1.98. The Kier molecular flexibility index (Phi) is 2.81. The van der Waals surface area contributed by atoms with E-state index in [-0.39, 0.29) is 12.0 Å². The minimum absolute atomic E-state index is 0.0210. The fourth-order valence-corrected chi connectivity index (χ4v) is 2.34. The van der Waals surface area contributed by atoms with Gasteiger partial charge in [-0.3, -0.25) is 0 Å². The molecule has 1 aliphatic rings. The number of aliphatic hydroxyl groups excluding tert-OH is 1. The van der Waals surface area contributed by atoms with Gasteiger partial charge in [-0.2, -0.15) is 0 Å². The second kappa shape index (κ2) is 3.79. The zero-order chi connectivity index (χ0) is 10.2. The van der Waals surface area contributed by atoms with Gasteiger partial charge < -0.3 is 10.8 Å². The number of aliphatic hydroxyl groups is 1. The summed E-state index contributed by atoms with van der Waals surface area (Å²) < 4.78 is 1.24. The van der Waals surface area contributed by atoms with Gasteiger partial charge in [-0.1, -0.05) is 12.1 Å². The van der Waals surface area contributed by atoms with Crippen LogP contribution in [0, 0.1) is 8.99 Å². The second-order valence-electron chi connectivity index (χ2n) is 4.03. The third kappa shape index (κ3) is 1.68. The minimum Gasteiger partial charge on any atom is -0.396 e. The van der Waals surface area contributed by atoms with Gasteiger partial charge in [-0.25, -0.2) is 0 Å². The van der Waals surface area contributed by atoms with Crippen LogP contribution < -0.4 is 5.73 Å². The molecule has 0 aromatic heterocycles. The summed E-state index contributed by atoms with van der Waals surface area (Å²) in [7, 11) is 0. The third-order valence-electron chi connectivity index (χ3n) is 3.18. The highest BCUT2D eigenvalue weighted by Gasteiger charge is 2.53. The van der Waals surface area contributed by atoms with Gasteiger partial charge in [-0.05, 0) is 52.6 Å². The van der Waals surface area contributed by atoms with Crippen molar-refractivity contribution in [2.24, 2.45) is 11.1 Å². The summed E-state index contributed by atoms with van der Waals surface area (Å²) in [6.45, 7) is 0.792. The molecule has 0 amide bonds. The summed E-state index contributed by atoms with van der Waals surface area (Å²) in [6, 6.07) is 8.48. The quantitative estimate of drug-likeness (QED) is 0.835. The van der Waals surface area contributed by atoms with E-state index in [9.17, 15) is 5.11 Å². The molecule has 0 radical (unpaired) electrons. The maximum absolute atomic E-state index is 9.26.